The van der Waals surface area contributed by atoms with E-state index >= 15 is 0 Å². The molecule has 1 fully saturated rings. The molecule has 0 saturated carbocycles. The second-order valence-corrected chi connectivity index (χ2v) is 9.99. The summed E-state index contributed by atoms with van der Waals surface area (Å²) in [7, 11) is 0. The van der Waals surface area contributed by atoms with E-state index in [9.17, 15) is 40.5 Å². The highest BCUT2D eigenvalue weighted by Crippen LogP contribution is 2.49. The molecule has 0 radical (unpaired) electrons. The molecule has 1 aliphatic rings. The molecule has 0 spiro atoms. The van der Waals surface area contributed by atoms with Crippen molar-refractivity contribution >= 4 is 53.6 Å². The number of aryl methyl sites for hydroxylation is 1. The van der Waals surface area contributed by atoms with Gasteiger partial charge in [-0.15, -0.1) is 0 Å². The summed E-state index contributed by atoms with van der Waals surface area (Å²) >= 11 is 9.32. The number of phenolic OH excluding ortho intramolecular Hbond substituents is 3. The fourth-order valence-corrected chi connectivity index (χ4v) is 4.96. The normalized spacial score (nSPS) is 24.7. The van der Waals surface area contributed by atoms with Crippen LogP contribution in [-0.4, -0.2) is 78.8 Å². The highest BCUT2D eigenvalue weighted by Gasteiger charge is 2.45. The van der Waals surface area contributed by atoms with Crippen LogP contribution in [0.15, 0.2) is 31.6 Å². The Morgan fingerprint density at radius 3 is 2.26 bits per heavy atom. The Morgan fingerprint density at radius 2 is 1.65 bits per heavy atom. The first-order chi connectivity index (χ1) is 16.0. The van der Waals surface area contributed by atoms with Crippen LogP contribution >= 0.6 is 47.8 Å². The van der Waals surface area contributed by atoms with Gasteiger partial charge in [-0.3, -0.25) is 4.79 Å². The fraction of sp³-hybridized carbons (Fsp3) is 0.381. The lowest BCUT2D eigenvalue weighted by Gasteiger charge is -2.39. The predicted octanol–water partition coefficient (Wildman–Crippen LogP) is 2.09. The van der Waals surface area contributed by atoms with Gasteiger partial charge < -0.3 is 45.2 Å². The summed E-state index contributed by atoms with van der Waals surface area (Å²) in [5.74, 6) is -2.07. The van der Waals surface area contributed by atoms with Crippen molar-refractivity contribution in [2.45, 2.75) is 43.5 Å². The number of rotatable bonds is 7. The fourth-order valence-electron chi connectivity index (χ4n) is 3.38. The number of hydrogen-bond acceptors (Lipinski definition) is 10. The molecule has 186 valence electrons. The van der Waals surface area contributed by atoms with Crippen LogP contribution in [-0.2, 0) is 11.2 Å². The summed E-state index contributed by atoms with van der Waals surface area (Å²) in [6.07, 6.45) is -7.96. The molecule has 1 heterocycles. The summed E-state index contributed by atoms with van der Waals surface area (Å²) in [4.78, 5) is 13.1. The van der Waals surface area contributed by atoms with E-state index in [-0.39, 0.29) is 38.8 Å². The van der Waals surface area contributed by atoms with Crippen LogP contribution in [0.25, 0.3) is 0 Å². The monoisotopic (exact) mass is 670 g/mol. The Morgan fingerprint density at radius 1 is 0.971 bits per heavy atom. The van der Waals surface area contributed by atoms with Crippen LogP contribution in [0.2, 0.25) is 0 Å². The predicted molar refractivity (Wildman–Crippen MR) is 128 cm³/mol. The molecule has 0 unspecified atom stereocenters. The standard InChI is InChI=1S/C21H21Br3O10/c22-8-5-7(1-3-9(8)26)2-4-10(27)12-16(29)13(23)17(30)14(24)20(12)34-21-19(32)18(31)15(28)11(6-25)33-21/h1,3,5,11,15,18-19,21,25-26,28-32H,2,4,6H2/t11-,15-,18+,19-,21+/m1/s1. The van der Waals surface area contributed by atoms with E-state index in [1.54, 1.807) is 12.1 Å². The topological polar surface area (TPSA) is 177 Å². The first-order valence-corrected chi connectivity index (χ1v) is 12.3. The van der Waals surface area contributed by atoms with Gasteiger partial charge in [-0.2, -0.15) is 0 Å². The summed E-state index contributed by atoms with van der Waals surface area (Å²) in [5, 5.41) is 70.2. The average Bonchev–Trinajstić information content (AvgIpc) is 2.81. The summed E-state index contributed by atoms with van der Waals surface area (Å²) in [6, 6.07) is 4.72. The van der Waals surface area contributed by atoms with E-state index < -0.39 is 54.6 Å². The van der Waals surface area contributed by atoms with Crippen LogP contribution in [0.4, 0.5) is 0 Å². The Labute approximate surface area is 218 Å². The van der Waals surface area contributed by atoms with Crippen molar-refractivity contribution in [3.8, 4) is 23.0 Å². The van der Waals surface area contributed by atoms with Crippen LogP contribution in [0.1, 0.15) is 22.3 Å². The smallest absolute Gasteiger partial charge is 0.229 e. The number of carbonyl (C=O) groups is 1. The van der Waals surface area contributed by atoms with Gasteiger partial charge in [-0.05, 0) is 71.9 Å². The van der Waals surface area contributed by atoms with E-state index in [4.69, 9.17) is 9.47 Å². The van der Waals surface area contributed by atoms with Gasteiger partial charge in [0.05, 0.1) is 11.1 Å². The van der Waals surface area contributed by atoms with Gasteiger partial charge >= 0.3 is 0 Å². The van der Waals surface area contributed by atoms with E-state index in [1.807, 2.05) is 0 Å². The Bertz CT molecular complexity index is 1080. The van der Waals surface area contributed by atoms with Crippen LogP contribution in [0.5, 0.6) is 23.0 Å². The molecule has 10 nitrogen and oxygen atoms in total. The minimum atomic E-state index is -1.78. The highest BCUT2D eigenvalue weighted by atomic mass is 79.9. The number of ether oxygens (including phenoxy) is 2. The molecule has 0 aliphatic carbocycles. The van der Waals surface area contributed by atoms with E-state index in [1.165, 1.54) is 6.07 Å². The maximum Gasteiger partial charge on any atom is 0.229 e. The molecule has 34 heavy (non-hydrogen) atoms. The summed E-state index contributed by atoms with van der Waals surface area (Å²) in [6.45, 7) is -0.698. The van der Waals surface area contributed by atoms with Crippen molar-refractivity contribution in [3.05, 3.63) is 42.7 Å². The molecule has 3 rings (SSSR count). The van der Waals surface area contributed by atoms with Crippen LogP contribution < -0.4 is 4.74 Å². The van der Waals surface area contributed by atoms with E-state index in [0.29, 0.717) is 10.0 Å². The van der Waals surface area contributed by atoms with Crippen molar-refractivity contribution < 1.29 is 50.0 Å². The maximum atomic E-state index is 13.1. The highest BCUT2D eigenvalue weighted by molar-refractivity contribution is 9.11. The molecule has 1 aliphatic heterocycles. The average molecular weight is 673 g/mol. The van der Waals surface area contributed by atoms with Gasteiger partial charge in [-0.1, -0.05) is 6.07 Å². The second kappa shape index (κ2) is 11.1. The quantitative estimate of drug-likeness (QED) is 0.216. The Balaban J connectivity index is 1.94. The molecule has 0 amide bonds. The Kier molecular flexibility index (Phi) is 8.85. The van der Waals surface area contributed by atoms with Gasteiger partial charge in [0.1, 0.15) is 50.4 Å². The molecule has 13 heteroatoms. The number of ketones is 1. The van der Waals surface area contributed by atoms with Gasteiger partial charge in [0.25, 0.3) is 0 Å². The second-order valence-electron chi connectivity index (χ2n) is 7.55. The number of benzene rings is 2. The minimum absolute atomic E-state index is 0.0364. The zero-order valence-corrected chi connectivity index (χ0v) is 22.0. The number of aliphatic hydroxyl groups excluding tert-OH is 4. The molecule has 0 bridgehead atoms. The van der Waals surface area contributed by atoms with Gasteiger partial charge in [0.15, 0.2) is 17.3 Å². The third-order valence-corrected chi connectivity index (χ3v) is 7.42. The first kappa shape index (κ1) is 27.1. The summed E-state index contributed by atoms with van der Waals surface area (Å²) in [5.41, 5.74) is 0.372. The third-order valence-electron chi connectivity index (χ3n) is 5.30. The number of halogens is 3. The number of aliphatic hydroxyl groups is 4. The SMILES string of the molecule is O=C(CCc1ccc(O)c(Br)c1)c1c(O)c(Br)c(O)c(Br)c1O[C@@H]1O[C@H](CO)[C@@H](O)[C@H](O)[C@H]1O. The van der Waals surface area contributed by atoms with Crippen molar-refractivity contribution in [1.29, 1.82) is 0 Å². The largest absolute Gasteiger partial charge is 0.507 e. The van der Waals surface area contributed by atoms with Crippen molar-refractivity contribution in [1.82, 2.24) is 0 Å². The third kappa shape index (κ3) is 5.36. The zero-order valence-electron chi connectivity index (χ0n) is 17.2. The number of Topliss-reactive ketones (excluding diaryl/α,β-unsaturated/α-hetero) is 1. The van der Waals surface area contributed by atoms with E-state index in [0.717, 1.165) is 0 Å². The number of aromatic hydroxyl groups is 3. The molecular weight excluding hydrogens is 652 g/mol. The molecule has 2 aromatic carbocycles. The number of phenols is 3. The lowest BCUT2D eigenvalue weighted by molar-refractivity contribution is -0.277. The molecule has 2 aromatic rings. The van der Waals surface area contributed by atoms with Gasteiger partial charge in [0.2, 0.25) is 6.29 Å². The van der Waals surface area contributed by atoms with Crippen molar-refractivity contribution in [2.24, 2.45) is 0 Å². The van der Waals surface area contributed by atoms with Gasteiger partial charge in [0, 0.05) is 6.42 Å². The minimum Gasteiger partial charge on any atom is -0.507 e. The molecule has 7 N–H and O–H groups in total. The number of carbonyl (C=O) groups excluding carboxylic acids is 1. The first-order valence-electron chi connectivity index (χ1n) is 9.88. The van der Waals surface area contributed by atoms with Gasteiger partial charge in [-0.25, -0.2) is 0 Å². The van der Waals surface area contributed by atoms with E-state index in [2.05, 4.69) is 47.8 Å². The van der Waals surface area contributed by atoms with Crippen LogP contribution in [0, 0.1) is 0 Å². The molecule has 1 saturated heterocycles. The lowest BCUT2D eigenvalue weighted by Crippen LogP contribution is -2.60. The zero-order chi connectivity index (χ0) is 25.3. The van der Waals surface area contributed by atoms with Crippen LogP contribution in [0.3, 0.4) is 0 Å². The molecule has 5 atom stereocenters. The van der Waals surface area contributed by atoms with Crippen molar-refractivity contribution in [2.75, 3.05) is 6.61 Å². The van der Waals surface area contributed by atoms with Crippen molar-refractivity contribution in [3.63, 3.8) is 0 Å². The Hall–Kier alpha value is -1.45. The maximum absolute atomic E-state index is 13.1. The lowest BCUT2D eigenvalue weighted by atomic mass is 9.99. The molecule has 0 aromatic heterocycles. The molecular formula is C21H21Br3O10. The number of hydrogen-bond donors (Lipinski definition) is 7. The summed E-state index contributed by atoms with van der Waals surface area (Å²) < 4.78 is 11.0.